The van der Waals surface area contributed by atoms with E-state index in [0.29, 0.717) is 41.1 Å². The zero-order valence-electron chi connectivity index (χ0n) is 16.5. The Balaban J connectivity index is 1.53. The molecule has 4 nitrogen and oxygen atoms in total. The lowest BCUT2D eigenvalue weighted by Crippen LogP contribution is -2.60. The van der Waals surface area contributed by atoms with Crippen LogP contribution >= 0.6 is 0 Å². The molecule has 9 atom stereocenters. The molecule has 2 N–H and O–H groups in total. The summed E-state index contributed by atoms with van der Waals surface area (Å²) in [7, 11) is 1.89. The average molecular weight is 363 g/mol. The lowest BCUT2D eigenvalue weighted by atomic mass is 9.45. The summed E-state index contributed by atoms with van der Waals surface area (Å²) in [5.41, 5.74) is -0.959. The van der Waals surface area contributed by atoms with E-state index in [0.717, 1.165) is 31.6 Å². The third-order valence-electron chi connectivity index (χ3n) is 10.6. The van der Waals surface area contributed by atoms with Gasteiger partial charge in [0.25, 0.3) is 0 Å². The number of carbonyl (C=O) groups is 1. The van der Waals surface area contributed by atoms with Crippen molar-refractivity contribution < 1.29 is 19.7 Å². The topological polar surface area (TPSA) is 66.8 Å². The van der Waals surface area contributed by atoms with Gasteiger partial charge < -0.3 is 14.9 Å². The van der Waals surface area contributed by atoms with Crippen LogP contribution in [0.5, 0.6) is 0 Å². The predicted molar refractivity (Wildman–Crippen MR) is 97.4 cm³/mol. The van der Waals surface area contributed by atoms with Crippen LogP contribution in [0.2, 0.25) is 0 Å². The van der Waals surface area contributed by atoms with Crippen LogP contribution in [-0.2, 0) is 9.53 Å². The maximum absolute atomic E-state index is 12.5. The normalized spacial score (nSPS) is 60.0. The van der Waals surface area contributed by atoms with Crippen molar-refractivity contribution in [1.29, 1.82) is 0 Å². The number of aliphatic hydroxyl groups excluding tert-OH is 1. The Morgan fingerprint density at radius 2 is 1.73 bits per heavy atom. The maximum atomic E-state index is 12.5. The average Bonchev–Trinajstić information content (AvgIpc) is 3.20. The van der Waals surface area contributed by atoms with Gasteiger partial charge in [-0.2, -0.15) is 0 Å². The van der Waals surface area contributed by atoms with Gasteiger partial charge in [0.2, 0.25) is 0 Å². The third kappa shape index (κ3) is 1.68. The van der Waals surface area contributed by atoms with E-state index in [9.17, 15) is 15.0 Å². The van der Waals surface area contributed by atoms with Gasteiger partial charge in [0, 0.05) is 17.9 Å². The fourth-order valence-electron chi connectivity index (χ4n) is 9.18. The number of fused-ring (bicyclic) bond motifs is 4. The van der Waals surface area contributed by atoms with Gasteiger partial charge in [0.15, 0.2) is 5.78 Å². The molecule has 0 bridgehead atoms. The van der Waals surface area contributed by atoms with Crippen LogP contribution in [-0.4, -0.2) is 41.4 Å². The minimum absolute atomic E-state index is 0.339. The molecule has 0 unspecified atom stereocenters. The number of carbonyl (C=O) groups excluding carboxylic acids is 1. The van der Waals surface area contributed by atoms with Crippen molar-refractivity contribution in [3.05, 3.63) is 0 Å². The molecule has 5 aliphatic rings. The Hall–Kier alpha value is -0.450. The SMILES string of the molecule is CO[C@@H]1C[C@H]2[C@@H]3CC[C@](O)(C(=O)CO)[C@@]3(C)CC[C@@H]2[C@@]2(C)CC[C@@H]3C[C@]312. The number of ketones is 1. The second kappa shape index (κ2) is 5.12. The molecule has 26 heavy (non-hydrogen) atoms. The molecule has 5 rings (SSSR count). The van der Waals surface area contributed by atoms with E-state index >= 15 is 0 Å². The van der Waals surface area contributed by atoms with Crippen molar-refractivity contribution in [2.45, 2.75) is 76.9 Å². The fourth-order valence-corrected chi connectivity index (χ4v) is 9.18. The molecule has 0 aliphatic heterocycles. The Bertz CT molecular complexity index is 648. The number of methoxy groups -OCH3 is 1. The zero-order valence-corrected chi connectivity index (χ0v) is 16.5. The Morgan fingerprint density at radius 3 is 2.38 bits per heavy atom. The van der Waals surface area contributed by atoms with Gasteiger partial charge in [-0.1, -0.05) is 13.8 Å². The summed E-state index contributed by atoms with van der Waals surface area (Å²) in [6.45, 7) is 4.11. The molecule has 0 heterocycles. The van der Waals surface area contributed by atoms with Gasteiger partial charge in [-0.3, -0.25) is 4.79 Å². The van der Waals surface area contributed by atoms with Crippen LogP contribution in [0.3, 0.4) is 0 Å². The van der Waals surface area contributed by atoms with Gasteiger partial charge in [0.1, 0.15) is 12.2 Å². The Kier molecular flexibility index (Phi) is 3.48. The molecule has 0 aromatic rings. The molecule has 0 radical (unpaired) electrons. The molecule has 4 heteroatoms. The number of rotatable bonds is 3. The van der Waals surface area contributed by atoms with Gasteiger partial charge in [-0.05, 0) is 80.5 Å². The summed E-state index contributed by atoms with van der Waals surface area (Å²) >= 11 is 0. The lowest BCUT2D eigenvalue weighted by molar-refractivity contribution is -0.185. The third-order valence-corrected chi connectivity index (χ3v) is 10.6. The summed E-state index contributed by atoms with van der Waals surface area (Å²) in [5, 5.41) is 20.7. The van der Waals surface area contributed by atoms with Crippen LogP contribution in [0.4, 0.5) is 0 Å². The molecule has 0 aromatic heterocycles. The molecule has 146 valence electrons. The minimum atomic E-state index is -1.34. The molecule has 0 saturated heterocycles. The summed E-state index contributed by atoms with van der Waals surface area (Å²) in [6, 6.07) is 0. The van der Waals surface area contributed by atoms with Gasteiger partial charge in [0.05, 0.1) is 6.10 Å². The Morgan fingerprint density at radius 1 is 1.08 bits per heavy atom. The van der Waals surface area contributed by atoms with Crippen molar-refractivity contribution in [3.63, 3.8) is 0 Å². The fraction of sp³-hybridized carbons (Fsp3) is 0.955. The number of ether oxygens (including phenoxy) is 1. The second-order valence-corrected chi connectivity index (χ2v) is 10.7. The van der Waals surface area contributed by atoms with Crippen molar-refractivity contribution in [1.82, 2.24) is 0 Å². The molecule has 1 spiro atoms. The van der Waals surface area contributed by atoms with E-state index in [1.165, 1.54) is 19.3 Å². The first-order valence-corrected chi connectivity index (χ1v) is 10.7. The number of Topliss-reactive ketones (excluding diaryl/α,β-unsaturated/α-hetero) is 1. The number of aliphatic hydroxyl groups is 2. The Labute approximate surface area is 156 Å². The van der Waals surface area contributed by atoms with E-state index in [2.05, 4.69) is 13.8 Å². The van der Waals surface area contributed by atoms with E-state index in [1.54, 1.807) is 0 Å². The maximum Gasteiger partial charge on any atom is 0.190 e. The second-order valence-electron chi connectivity index (χ2n) is 10.7. The van der Waals surface area contributed by atoms with E-state index < -0.39 is 17.6 Å². The van der Waals surface area contributed by atoms with E-state index in [-0.39, 0.29) is 5.78 Å². The van der Waals surface area contributed by atoms with Crippen LogP contribution in [0, 0.1) is 39.9 Å². The van der Waals surface area contributed by atoms with E-state index in [4.69, 9.17) is 4.74 Å². The highest BCUT2D eigenvalue weighted by molar-refractivity contribution is 5.89. The summed E-state index contributed by atoms with van der Waals surface area (Å²) in [4.78, 5) is 12.5. The first-order valence-electron chi connectivity index (χ1n) is 10.7. The molecule has 5 fully saturated rings. The van der Waals surface area contributed by atoms with Crippen LogP contribution in [0.25, 0.3) is 0 Å². The van der Waals surface area contributed by atoms with Crippen LogP contribution < -0.4 is 0 Å². The lowest BCUT2D eigenvalue weighted by Gasteiger charge is -2.61. The molecule has 5 saturated carbocycles. The van der Waals surface area contributed by atoms with Crippen LogP contribution in [0.1, 0.15) is 65.2 Å². The van der Waals surface area contributed by atoms with Gasteiger partial charge in [-0.15, -0.1) is 0 Å². The highest BCUT2D eigenvalue weighted by Gasteiger charge is 2.78. The monoisotopic (exact) mass is 362 g/mol. The molecule has 5 aliphatic carbocycles. The minimum Gasteiger partial charge on any atom is -0.388 e. The number of hydrogen-bond acceptors (Lipinski definition) is 4. The first-order chi connectivity index (χ1) is 12.3. The first kappa shape index (κ1) is 17.6. The van der Waals surface area contributed by atoms with Crippen molar-refractivity contribution in [2.24, 2.45) is 39.9 Å². The predicted octanol–water partition coefficient (Wildman–Crippen LogP) is 2.95. The molecular formula is C22H34O4. The van der Waals surface area contributed by atoms with E-state index in [1.807, 2.05) is 7.11 Å². The van der Waals surface area contributed by atoms with Gasteiger partial charge >= 0.3 is 0 Å². The standard InChI is InChI=1S/C22H34O4/c1-19-7-4-13-11-21(13,19)18(26-3)10-14-15(19)5-8-20(2)16(14)6-9-22(20,25)17(24)12-23/h13-16,18,23,25H,4-12H2,1-3H3/t13-,14-,15+,16+,18-,19-,20+,21+,22+/m1/s1. The summed E-state index contributed by atoms with van der Waals surface area (Å²) in [6.07, 6.45) is 8.90. The molecule has 0 aromatic carbocycles. The van der Waals surface area contributed by atoms with Gasteiger partial charge in [-0.25, -0.2) is 0 Å². The zero-order chi connectivity index (χ0) is 18.5. The van der Waals surface area contributed by atoms with Crippen molar-refractivity contribution >= 4 is 5.78 Å². The highest BCUT2D eigenvalue weighted by atomic mass is 16.5. The van der Waals surface area contributed by atoms with Crippen molar-refractivity contribution in [2.75, 3.05) is 13.7 Å². The number of hydrogen-bond donors (Lipinski definition) is 2. The van der Waals surface area contributed by atoms with Crippen LogP contribution in [0.15, 0.2) is 0 Å². The summed E-state index contributed by atoms with van der Waals surface area (Å²) < 4.78 is 6.10. The van der Waals surface area contributed by atoms with Crippen molar-refractivity contribution in [3.8, 4) is 0 Å². The summed E-state index contributed by atoms with van der Waals surface area (Å²) in [5.74, 6) is 2.10. The molecule has 0 amide bonds. The largest absolute Gasteiger partial charge is 0.388 e. The smallest absolute Gasteiger partial charge is 0.190 e. The molecular weight excluding hydrogens is 328 g/mol. The quantitative estimate of drug-likeness (QED) is 0.810. The highest BCUT2D eigenvalue weighted by Crippen LogP contribution is 2.82.